The van der Waals surface area contributed by atoms with E-state index >= 15 is 0 Å². The molecular weight excluding hydrogens is 761 g/mol. The summed E-state index contributed by atoms with van der Waals surface area (Å²) in [6, 6.07) is 11.8. The van der Waals surface area contributed by atoms with E-state index in [1.54, 1.807) is 0 Å². The van der Waals surface area contributed by atoms with Crippen LogP contribution in [-0.2, 0) is 29.9 Å². The number of nitrogens with one attached hydrogen (secondary N) is 4. The Balaban J connectivity index is 0.954. The first-order valence-corrected chi connectivity index (χ1v) is 21.8. The highest BCUT2D eigenvalue weighted by Crippen LogP contribution is 2.58. The van der Waals surface area contributed by atoms with Crippen molar-refractivity contribution in [1.29, 1.82) is 0 Å². The molecule has 2 aromatic heterocycles. The number of benzene rings is 2. The van der Waals surface area contributed by atoms with Gasteiger partial charge in [0.15, 0.2) is 0 Å². The number of aromatic amines is 2. The number of nitrogens with zero attached hydrogens (tertiary/aromatic N) is 4. The van der Waals surface area contributed by atoms with Crippen LogP contribution in [0.25, 0.3) is 22.0 Å². The lowest BCUT2D eigenvalue weighted by Crippen LogP contribution is -2.51. The lowest BCUT2D eigenvalue weighted by Gasteiger charge is -2.53. The number of carbonyl (C=O) groups is 4. The molecule has 4 N–H and O–H groups in total. The van der Waals surface area contributed by atoms with Crippen LogP contribution in [0, 0.1) is 11.8 Å². The molecule has 4 amide bonds. The maximum Gasteiger partial charge on any atom is 0.407 e. The van der Waals surface area contributed by atoms with E-state index in [0.717, 1.165) is 87.1 Å². The summed E-state index contributed by atoms with van der Waals surface area (Å²) in [6.07, 6.45) is 12.6. The number of ether oxygens (including phenoxy) is 2. The van der Waals surface area contributed by atoms with Crippen LogP contribution in [0.1, 0.15) is 127 Å². The largest absolute Gasteiger partial charge is 0.453 e. The molecule has 2 aliphatic heterocycles. The molecule has 60 heavy (non-hydrogen) atoms. The molecule has 320 valence electrons. The third-order valence-corrected chi connectivity index (χ3v) is 14.3. The Morgan fingerprint density at radius 2 is 1.20 bits per heavy atom. The molecule has 14 nitrogen and oxygen atoms in total. The third kappa shape index (κ3) is 7.62. The third-order valence-electron chi connectivity index (χ3n) is 14.3. The van der Waals surface area contributed by atoms with Gasteiger partial charge in [-0.2, -0.15) is 0 Å². The van der Waals surface area contributed by atoms with Crippen LogP contribution < -0.4 is 10.6 Å². The van der Waals surface area contributed by atoms with Crippen molar-refractivity contribution in [1.82, 2.24) is 40.4 Å². The van der Waals surface area contributed by atoms with Crippen LogP contribution in [0.3, 0.4) is 0 Å². The minimum atomic E-state index is -0.681. The zero-order valence-electron chi connectivity index (χ0n) is 35.8. The van der Waals surface area contributed by atoms with E-state index in [1.165, 1.54) is 36.2 Å². The highest BCUT2D eigenvalue weighted by atomic mass is 16.5. The van der Waals surface area contributed by atoms with Crippen LogP contribution in [0.15, 0.2) is 48.8 Å². The van der Waals surface area contributed by atoms with E-state index in [1.807, 2.05) is 49.9 Å². The van der Waals surface area contributed by atoms with E-state index in [2.05, 4.69) is 57.0 Å². The molecule has 2 bridgehead atoms. The molecule has 5 aliphatic rings. The summed E-state index contributed by atoms with van der Waals surface area (Å²) in [5.41, 5.74) is 4.70. The van der Waals surface area contributed by atoms with Crippen molar-refractivity contribution >= 4 is 34.8 Å². The number of rotatable bonds is 11. The van der Waals surface area contributed by atoms with Crippen molar-refractivity contribution in [3.63, 3.8) is 0 Å². The zero-order chi connectivity index (χ0) is 42.3. The van der Waals surface area contributed by atoms with Crippen molar-refractivity contribution in [3.05, 3.63) is 71.7 Å². The normalized spacial score (nSPS) is 24.9. The number of likely N-dealkylation sites (tertiary alicyclic amines) is 2. The molecule has 0 spiro atoms. The van der Waals surface area contributed by atoms with E-state index in [9.17, 15) is 19.2 Å². The minimum Gasteiger partial charge on any atom is -0.453 e. The molecule has 4 atom stereocenters. The summed E-state index contributed by atoms with van der Waals surface area (Å²) in [5, 5.41) is 7.85. The van der Waals surface area contributed by atoms with Gasteiger partial charge in [-0.3, -0.25) is 9.59 Å². The molecule has 9 rings (SSSR count). The number of fused-ring (bicyclic) bond motifs is 4. The average molecular weight is 821 g/mol. The van der Waals surface area contributed by atoms with Gasteiger partial charge in [-0.25, -0.2) is 19.6 Å². The second kappa shape index (κ2) is 16.6. The van der Waals surface area contributed by atoms with Gasteiger partial charge < -0.3 is 39.9 Å². The number of H-pyrrole nitrogens is 2. The lowest BCUT2D eigenvalue weighted by molar-refractivity contribution is -0.136. The summed E-state index contributed by atoms with van der Waals surface area (Å²) in [6.45, 7) is 8.94. The summed E-state index contributed by atoms with van der Waals surface area (Å²) < 4.78 is 9.60. The molecule has 14 heteroatoms. The molecule has 4 heterocycles. The average Bonchev–Trinajstić information content (AvgIpc) is 4.11. The van der Waals surface area contributed by atoms with E-state index in [4.69, 9.17) is 19.4 Å². The van der Waals surface area contributed by atoms with Gasteiger partial charge in [0.1, 0.15) is 23.7 Å². The first kappa shape index (κ1) is 41.3. The number of amides is 4. The Morgan fingerprint density at radius 1 is 0.683 bits per heavy atom. The summed E-state index contributed by atoms with van der Waals surface area (Å²) >= 11 is 0. The predicted octanol–water partition coefficient (Wildman–Crippen LogP) is 7.58. The zero-order valence-corrected chi connectivity index (χ0v) is 35.8. The van der Waals surface area contributed by atoms with Crippen LogP contribution in [0.5, 0.6) is 0 Å². The molecule has 2 aromatic carbocycles. The summed E-state index contributed by atoms with van der Waals surface area (Å²) in [7, 11) is 2.62. The fourth-order valence-electron chi connectivity index (χ4n) is 10.6. The highest BCUT2D eigenvalue weighted by Gasteiger charge is 2.51. The fraction of sp³-hybridized carbons (Fsp3) is 0.565. The Labute approximate surface area is 352 Å². The maximum absolute atomic E-state index is 13.7. The molecule has 0 radical (unpaired) electrons. The predicted molar refractivity (Wildman–Crippen MR) is 227 cm³/mol. The van der Waals surface area contributed by atoms with Crippen LogP contribution >= 0.6 is 0 Å². The smallest absolute Gasteiger partial charge is 0.407 e. The van der Waals surface area contributed by atoms with Crippen molar-refractivity contribution in [2.45, 2.75) is 127 Å². The quantitative estimate of drug-likeness (QED) is 0.120. The Morgan fingerprint density at radius 3 is 1.75 bits per heavy atom. The lowest BCUT2D eigenvalue weighted by atomic mass is 9.51. The van der Waals surface area contributed by atoms with E-state index in [-0.39, 0.29) is 46.6 Å². The Bertz CT molecular complexity index is 2220. The summed E-state index contributed by atoms with van der Waals surface area (Å²) in [5.74, 6) is 1.19. The molecular formula is C46H60N8O6. The fourth-order valence-corrected chi connectivity index (χ4v) is 10.6. The SMILES string of the molecule is COC(=O)N[C@H](C(=O)N1CCC[C@H]1c1ncc(-c2ccc3ccc(C45CCC(c6cnc([C@@H]7CCCN7C(=O)[C@@H](NC(=O)OC)C(C)C)[nH]6)(CC4)CC5)cc3c2)[nH]1)C(C)C. The number of methoxy groups -OCH3 is 2. The van der Waals surface area contributed by atoms with Crippen molar-refractivity contribution in [2.24, 2.45) is 11.8 Å². The number of aromatic nitrogens is 4. The van der Waals surface area contributed by atoms with E-state index in [0.29, 0.717) is 13.1 Å². The molecule has 3 aliphatic carbocycles. The van der Waals surface area contributed by atoms with Crippen LogP contribution in [0.2, 0.25) is 0 Å². The molecule has 0 unspecified atom stereocenters. The Kier molecular flexibility index (Phi) is 11.4. The molecule has 3 saturated carbocycles. The van der Waals surface area contributed by atoms with Gasteiger partial charge in [-0.1, -0.05) is 58.0 Å². The first-order chi connectivity index (χ1) is 28.8. The second-order valence-corrected chi connectivity index (χ2v) is 18.3. The summed E-state index contributed by atoms with van der Waals surface area (Å²) in [4.78, 5) is 72.2. The minimum absolute atomic E-state index is 0.0444. The molecule has 2 saturated heterocycles. The van der Waals surface area contributed by atoms with Crippen molar-refractivity contribution in [3.8, 4) is 11.3 Å². The van der Waals surface area contributed by atoms with Crippen molar-refractivity contribution in [2.75, 3.05) is 27.3 Å². The number of hydrogen-bond donors (Lipinski definition) is 4. The topological polar surface area (TPSA) is 175 Å². The Hall–Kier alpha value is -5.40. The number of imidazole rings is 2. The van der Waals surface area contributed by atoms with Gasteiger partial charge in [-0.15, -0.1) is 0 Å². The standard InChI is InChI=1S/C46H60N8O6/c1-27(2)37(51-43(57)59-5)41(55)53-21-7-9-34(53)39-47-25-33(49-39)30-12-11-29-13-14-32(24-31(29)23-30)45-15-18-46(19-16-45,20-17-45)36-26-48-40(50-36)35-10-8-22-54(35)42(56)38(28(3)4)52-44(58)60-6/h11-14,23-28,34-35,37-38H,7-10,15-22H2,1-6H3,(H,47,49)(H,48,50)(H,51,57)(H,52,58)/t34-,35-,37-,38-,45?,46?/m0/s1. The van der Waals surface area contributed by atoms with Crippen molar-refractivity contribution < 1.29 is 28.7 Å². The monoisotopic (exact) mass is 820 g/mol. The van der Waals surface area contributed by atoms with Gasteiger partial charge in [0.25, 0.3) is 0 Å². The highest BCUT2D eigenvalue weighted by molar-refractivity contribution is 5.89. The van der Waals surface area contributed by atoms with Gasteiger partial charge >= 0.3 is 12.2 Å². The number of alkyl carbamates (subject to hydrolysis) is 2. The first-order valence-electron chi connectivity index (χ1n) is 21.8. The van der Waals surface area contributed by atoms with E-state index < -0.39 is 24.3 Å². The van der Waals surface area contributed by atoms with Gasteiger partial charge in [0.2, 0.25) is 11.8 Å². The van der Waals surface area contributed by atoms with Crippen LogP contribution in [0.4, 0.5) is 9.59 Å². The van der Waals surface area contributed by atoms with Gasteiger partial charge in [-0.05, 0) is 104 Å². The molecule has 4 aromatic rings. The number of hydrogen-bond acceptors (Lipinski definition) is 8. The maximum atomic E-state index is 13.7. The second-order valence-electron chi connectivity index (χ2n) is 18.3. The number of carbonyl (C=O) groups excluding carboxylic acids is 4. The molecule has 5 fully saturated rings. The van der Waals surface area contributed by atoms with Gasteiger partial charge in [0.05, 0.1) is 38.2 Å². The van der Waals surface area contributed by atoms with Crippen LogP contribution in [-0.4, -0.2) is 93.1 Å². The van der Waals surface area contributed by atoms with Gasteiger partial charge in [0, 0.05) is 36.0 Å².